The van der Waals surface area contributed by atoms with Crippen molar-refractivity contribution in [3.8, 4) is 0 Å². The topological polar surface area (TPSA) is 75.5 Å². The summed E-state index contributed by atoms with van der Waals surface area (Å²) in [5.74, 6) is -0.890. The number of morpholine rings is 1. The van der Waals surface area contributed by atoms with Crippen LogP contribution in [0.2, 0.25) is 10.3 Å². The largest absolute Gasteiger partial charge is 0.481 e. The maximum atomic E-state index is 10.7. The zero-order valence-corrected chi connectivity index (χ0v) is 10.9. The molecule has 1 unspecified atom stereocenters. The van der Waals surface area contributed by atoms with Crippen LogP contribution in [0.1, 0.15) is 6.42 Å². The molecule has 1 aliphatic rings. The first-order valence-electron chi connectivity index (χ1n) is 5.33. The fourth-order valence-electron chi connectivity index (χ4n) is 1.82. The van der Waals surface area contributed by atoms with Gasteiger partial charge in [0.1, 0.15) is 0 Å². The Morgan fingerprint density at radius 2 is 2.33 bits per heavy atom. The van der Waals surface area contributed by atoms with E-state index in [1.165, 1.54) is 0 Å². The molecule has 0 saturated carbocycles. The minimum absolute atomic E-state index is 0.0413. The molecular formula is C10H11Cl2N3O3. The molecule has 0 aliphatic carbocycles. The molecule has 0 radical (unpaired) electrons. The zero-order valence-electron chi connectivity index (χ0n) is 9.34. The number of carbonyl (C=O) groups is 1. The van der Waals surface area contributed by atoms with Gasteiger partial charge in [0, 0.05) is 19.2 Å². The number of rotatable bonds is 3. The van der Waals surface area contributed by atoms with Crippen LogP contribution < -0.4 is 4.90 Å². The maximum absolute atomic E-state index is 10.7. The van der Waals surface area contributed by atoms with Gasteiger partial charge in [-0.15, -0.1) is 10.2 Å². The average Bonchev–Trinajstić information content (AvgIpc) is 2.32. The summed E-state index contributed by atoms with van der Waals surface area (Å²) in [4.78, 5) is 12.6. The van der Waals surface area contributed by atoms with Gasteiger partial charge in [-0.05, 0) is 0 Å². The Labute approximate surface area is 113 Å². The van der Waals surface area contributed by atoms with E-state index in [0.717, 1.165) is 0 Å². The first-order valence-corrected chi connectivity index (χ1v) is 6.09. The fraction of sp³-hybridized carbons (Fsp3) is 0.500. The molecule has 8 heteroatoms. The number of aliphatic carboxylic acids is 1. The highest BCUT2D eigenvalue weighted by molar-refractivity contribution is 6.33. The number of aromatic nitrogens is 2. The number of ether oxygens (including phenoxy) is 1. The molecule has 6 nitrogen and oxygen atoms in total. The molecular weight excluding hydrogens is 281 g/mol. The number of carboxylic acid groups (broad SMARTS) is 1. The van der Waals surface area contributed by atoms with Crippen molar-refractivity contribution in [2.24, 2.45) is 0 Å². The van der Waals surface area contributed by atoms with Crippen LogP contribution in [0.15, 0.2) is 6.07 Å². The summed E-state index contributed by atoms with van der Waals surface area (Å²) in [5, 5.41) is 16.6. The second kappa shape index (κ2) is 5.69. The molecule has 1 N–H and O–H groups in total. The lowest BCUT2D eigenvalue weighted by molar-refractivity contribution is -0.140. The van der Waals surface area contributed by atoms with Gasteiger partial charge < -0.3 is 14.7 Å². The van der Waals surface area contributed by atoms with E-state index in [-0.39, 0.29) is 22.8 Å². The molecule has 1 aliphatic heterocycles. The Morgan fingerprint density at radius 3 is 3.06 bits per heavy atom. The van der Waals surface area contributed by atoms with E-state index in [2.05, 4.69) is 10.2 Å². The number of nitrogens with zero attached hydrogens (tertiary/aromatic N) is 3. The predicted molar refractivity (Wildman–Crippen MR) is 66.3 cm³/mol. The van der Waals surface area contributed by atoms with Crippen LogP contribution in [0.3, 0.4) is 0 Å². The summed E-state index contributed by atoms with van der Waals surface area (Å²) in [6.07, 6.45) is -0.403. The van der Waals surface area contributed by atoms with Crippen LogP contribution in [-0.2, 0) is 9.53 Å². The third-order valence-electron chi connectivity index (χ3n) is 2.58. The fourth-order valence-corrected chi connectivity index (χ4v) is 2.18. The molecule has 98 valence electrons. The maximum Gasteiger partial charge on any atom is 0.306 e. The van der Waals surface area contributed by atoms with Crippen molar-refractivity contribution in [2.45, 2.75) is 12.5 Å². The predicted octanol–water partition coefficient (Wildman–Crippen LogP) is 1.46. The minimum atomic E-state index is -0.890. The van der Waals surface area contributed by atoms with Gasteiger partial charge >= 0.3 is 5.97 Å². The van der Waals surface area contributed by atoms with Gasteiger partial charge in [-0.2, -0.15) is 0 Å². The van der Waals surface area contributed by atoms with Crippen molar-refractivity contribution in [3.63, 3.8) is 0 Å². The van der Waals surface area contributed by atoms with E-state index >= 15 is 0 Å². The van der Waals surface area contributed by atoms with E-state index in [0.29, 0.717) is 25.4 Å². The van der Waals surface area contributed by atoms with Crippen molar-refractivity contribution in [3.05, 3.63) is 16.4 Å². The average molecular weight is 292 g/mol. The van der Waals surface area contributed by atoms with Crippen molar-refractivity contribution in [2.75, 3.05) is 24.6 Å². The Bertz CT molecular complexity index is 458. The normalized spacial score (nSPS) is 19.9. The minimum Gasteiger partial charge on any atom is -0.481 e. The van der Waals surface area contributed by atoms with Crippen molar-refractivity contribution in [1.29, 1.82) is 0 Å². The van der Waals surface area contributed by atoms with Gasteiger partial charge in [0.2, 0.25) is 0 Å². The van der Waals surface area contributed by atoms with E-state index in [4.69, 9.17) is 33.0 Å². The quantitative estimate of drug-likeness (QED) is 0.909. The smallest absolute Gasteiger partial charge is 0.306 e. The summed E-state index contributed by atoms with van der Waals surface area (Å²) < 4.78 is 5.38. The van der Waals surface area contributed by atoms with Gasteiger partial charge in [-0.25, -0.2) is 0 Å². The Morgan fingerprint density at radius 1 is 1.56 bits per heavy atom. The number of carboxylic acids is 1. The van der Waals surface area contributed by atoms with Gasteiger partial charge in [-0.3, -0.25) is 4.79 Å². The Balaban J connectivity index is 2.12. The Hall–Kier alpha value is -1.11. The summed E-state index contributed by atoms with van der Waals surface area (Å²) >= 11 is 11.7. The highest BCUT2D eigenvalue weighted by Crippen LogP contribution is 2.27. The van der Waals surface area contributed by atoms with Gasteiger partial charge in [0.15, 0.2) is 10.3 Å². The van der Waals surface area contributed by atoms with Crippen LogP contribution in [0, 0.1) is 0 Å². The van der Waals surface area contributed by atoms with Crippen LogP contribution >= 0.6 is 23.2 Å². The Kier molecular flexibility index (Phi) is 4.21. The number of hydrogen-bond donors (Lipinski definition) is 1. The highest BCUT2D eigenvalue weighted by Gasteiger charge is 2.24. The molecule has 2 heterocycles. The third-order valence-corrected chi connectivity index (χ3v) is 3.04. The molecule has 1 aromatic rings. The SMILES string of the molecule is O=C(O)CC1CN(c2cc(Cl)nnc2Cl)CCO1. The number of anilines is 1. The second-order valence-corrected chi connectivity index (χ2v) is 4.63. The van der Waals surface area contributed by atoms with Crippen LogP contribution in [0.25, 0.3) is 0 Å². The van der Waals surface area contributed by atoms with E-state index in [9.17, 15) is 4.79 Å². The lowest BCUT2D eigenvalue weighted by atomic mass is 10.2. The first-order chi connectivity index (χ1) is 8.56. The van der Waals surface area contributed by atoms with Gasteiger partial charge in [0.05, 0.1) is 24.8 Å². The molecule has 1 saturated heterocycles. The summed E-state index contributed by atoms with van der Waals surface area (Å²) in [7, 11) is 0. The zero-order chi connectivity index (χ0) is 13.1. The lowest BCUT2D eigenvalue weighted by Gasteiger charge is -2.34. The van der Waals surface area contributed by atoms with E-state index in [1.54, 1.807) is 6.07 Å². The summed E-state index contributed by atoms with van der Waals surface area (Å²) in [5.41, 5.74) is 0.648. The van der Waals surface area contributed by atoms with Gasteiger partial charge in [-0.1, -0.05) is 23.2 Å². The number of hydrogen-bond acceptors (Lipinski definition) is 5. The molecule has 0 aromatic carbocycles. The standard InChI is InChI=1S/C10H11Cl2N3O3/c11-8-4-7(10(12)14-13-8)15-1-2-18-6(5-15)3-9(16)17/h4,6H,1-3,5H2,(H,16,17). The molecule has 2 rings (SSSR count). The molecule has 0 amide bonds. The van der Waals surface area contributed by atoms with Crippen LogP contribution in [0.5, 0.6) is 0 Å². The molecule has 1 aromatic heterocycles. The molecule has 1 fully saturated rings. The lowest BCUT2D eigenvalue weighted by Crippen LogP contribution is -2.43. The molecule has 0 bridgehead atoms. The van der Waals surface area contributed by atoms with Crippen molar-refractivity contribution >= 4 is 34.9 Å². The molecule has 1 atom stereocenters. The molecule has 18 heavy (non-hydrogen) atoms. The third kappa shape index (κ3) is 3.22. The monoisotopic (exact) mass is 291 g/mol. The van der Waals surface area contributed by atoms with E-state index in [1.807, 2.05) is 4.90 Å². The van der Waals surface area contributed by atoms with Crippen molar-refractivity contribution in [1.82, 2.24) is 10.2 Å². The number of halogens is 2. The summed E-state index contributed by atoms with van der Waals surface area (Å²) in [6.45, 7) is 1.49. The molecule has 0 spiro atoms. The summed E-state index contributed by atoms with van der Waals surface area (Å²) in [6, 6.07) is 1.61. The highest BCUT2D eigenvalue weighted by atomic mass is 35.5. The van der Waals surface area contributed by atoms with Crippen molar-refractivity contribution < 1.29 is 14.6 Å². The first kappa shape index (κ1) is 13.3. The van der Waals surface area contributed by atoms with Gasteiger partial charge in [0.25, 0.3) is 0 Å². The van der Waals surface area contributed by atoms with E-state index < -0.39 is 5.97 Å². The van der Waals surface area contributed by atoms with Crippen LogP contribution in [0.4, 0.5) is 5.69 Å². The second-order valence-electron chi connectivity index (χ2n) is 3.88. The van der Waals surface area contributed by atoms with Crippen LogP contribution in [-0.4, -0.2) is 47.1 Å².